The Balaban J connectivity index is 2.15. The average molecular weight is 374 g/mol. The van der Waals surface area contributed by atoms with Gasteiger partial charge >= 0.3 is 0 Å². The smallest absolute Gasteiger partial charge is 0.255 e. The monoisotopic (exact) mass is 372 g/mol. The minimum absolute atomic E-state index is 0.0703. The Labute approximate surface area is 140 Å². The Bertz CT molecular complexity index is 501. The van der Waals surface area contributed by atoms with E-state index >= 15 is 0 Å². The number of nitrogens with zero attached hydrogens (tertiary/aromatic N) is 1. The molecule has 1 saturated heterocycles. The Morgan fingerprint density at radius 2 is 2.29 bits per heavy atom. The largest absolute Gasteiger partial charge is 0.337 e. The first-order valence-electron chi connectivity index (χ1n) is 7.45. The molecule has 1 unspecified atom stereocenters. The van der Waals surface area contributed by atoms with Crippen LogP contribution in [-0.2, 0) is 0 Å². The molecule has 1 fully saturated rings. The first-order chi connectivity index (χ1) is 9.97. The highest BCUT2D eigenvalue weighted by molar-refractivity contribution is 9.10. The zero-order valence-corrected chi connectivity index (χ0v) is 14.9. The molecule has 2 rings (SSSR count). The maximum absolute atomic E-state index is 12.8. The van der Waals surface area contributed by atoms with Crippen molar-refractivity contribution in [2.24, 2.45) is 5.92 Å². The summed E-state index contributed by atoms with van der Waals surface area (Å²) >= 11 is 9.41. The second-order valence-corrected chi connectivity index (χ2v) is 7.31. The van der Waals surface area contributed by atoms with Gasteiger partial charge in [-0.3, -0.25) is 4.79 Å². The van der Waals surface area contributed by atoms with Gasteiger partial charge in [0.25, 0.3) is 5.91 Å². The van der Waals surface area contributed by atoms with Crippen LogP contribution in [-0.4, -0.2) is 36.5 Å². The van der Waals surface area contributed by atoms with Crippen molar-refractivity contribution in [3.8, 4) is 0 Å². The van der Waals surface area contributed by atoms with E-state index in [0.29, 0.717) is 22.5 Å². The lowest BCUT2D eigenvalue weighted by molar-refractivity contribution is 0.0720. The summed E-state index contributed by atoms with van der Waals surface area (Å²) in [5.41, 5.74) is 0.679. The quantitative estimate of drug-likeness (QED) is 0.847. The van der Waals surface area contributed by atoms with Crippen molar-refractivity contribution in [3.63, 3.8) is 0 Å². The van der Waals surface area contributed by atoms with Crippen LogP contribution in [0.2, 0.25) is 5.02 Å². The fourth-order valence-corrected chi connectivity index (χ4v) is 3.55. The van der Waals surface area contributed by atoms with Gasteiger partial charge in [-0.15, -0.1) is 0 Å². The highest BCUT2D eigenvalue weighted by Crippen LogP contribution is 2.23. The van der Waals surface area contributed by atoms with Gasteiger partial charge in [-0.1, -0.05) is 25.4 Å². The molecular formula is C16H22BrClN2O. The third-order valence-electron chi connectivity index (χ3n) is 3.64. The molecule has 116 valence electrons. The van der Waals surface area contributed by atoms with Crippen LogP contribution in [0, 0.1) is 5.92 Å². The molecule has 1 heterocycles. The number of halogens is 2. The molecule has 0 saturated carbocycles. The maximum atomic E-state index is 12.8. The second kappa shape index (κ2) is 7.61. The third kappa shape index (κ3) is 4.70. The molecule has 1 amide bonds. The molecule has 0 aliphatic carbocycles. The third-order valence-corrected chi connectivity index (χ3v) is 4.53. The molecule has 1 aliphatic rings. The normalized spacial score (nSPS) is 18.2. The molecule has 0 aromatic heterocycles. The summed E-state index contributed by atoms with van der Waals surface area (Å²) in [5, 5.41) is 4.09. The van der Waals surface area contributed by atoms with E-state index in [0.717, 1.165) is 30.5 Å². The number of carbonyl (C=O) groups is 1. The van der Waals surface area contributed by atoms with Gasteiger partial charge in [0.2, 0.25) is 0 Å². The van der Waals surface area contributed by atoms with E-state index in [2.05, 4.69) is 35.1 Å². The lowest BCUT2D eigenvalue weighted by Gasteiger charge is -2.28. The van der Waals surface area contributed by atoms with Crippen LogP contribution >= 0.6 is 27.5 Å². The van der Waals surface area contributed by atoms with Crippen LogP contribution < -0.4 is 5.32 Å². The summed E-state index contributed by atoms with van der Waals surface area (Å²) in [6, 6.07) is 5.75. The van der Waals surface area contributed by atoms with E-state index in [9.17, 15) is 4.79 Å². The highest BCUT2D eigenvalue weighted by Gasteiger charge is 2.24. The van der Waals surface area contributed by atoms with Crippen LogP contribution in [0.1, 0.15) is 37.0 Å². The van der Waals surface area contributed by atoms with Crippen molar-refractivity contribution in [1.82, 2.24) is 10.2 Å². The Hall–Kier alpha value is -0.580. The zero-order valence-electron chi connectivity index (χ0n) is 12.5. The molecule has 21 heavy (non-hydrogen) atoms. The topological polar surface area (TPSA) is 32.3 Å². The number of amides is 1. The number of rotatable bonds is 5. The number of benzene rings is 1. The van der Waals surface area contributed by atoms with Crippen molar-refractivity contribution in [2.45, 2.75) is 32.7 Å². The average Bonchev–Trinajstić information content (AvgIpc) is 2.89. The summed E-state index contributed by atoms with van der Waals surface area (Å²) in [7, 11) is 0. The standard InChI is InChI=1S/C16H22BrClN2O/c1-11(2)9-20(10-13-4-3-7-19-13)16(21)14-6-5-12(18)8-15(14)17/h5-6,8,11,13,19H,3-4,7,9-10H2,1-2H3. The minimum atomic E-state index is 0.0703. The molecule has 0 spiro atoms. The molecule has 1 aromatic rings. The first-order valence-corrected chi connectivity index (χ1v) is 8.62. The Morgan fingerprint density at radius 1 is 1.52 bits per heavy atom. The van der Waals surface area contributed by atoms with E-state index in [4.69, 9.17) is 11.6 Å². The van der Waals surface area contributed by atoms with Crippen molar-refractivity contribution in [2.75, 3.05) is 19.6 Å². The molecular weight excluding hydrogens is 352 g/mol. The lowest BCUT2D eigenvalue weighted by atomic mass is 10.1. The molecule has 3 nitrogen and oxygen atoms in total. The van der Waals surface area contributed by atoms with E-state index in [1.54, 1.807) is 18.2 Å². The molecule has 1 aliphatic heterocycles. The van der Waals surface area contributed by atoms with Crippen LogP contribution in [0.4, 0.5) is 0 Å². The predicted octanol–water partition coefficient (Wildman–Crippen LogP) is 3.95. The summed E-state index contributed by atoms with van der Waals surface area (Å²) < 4.78 is 0.758. The van der Waals surface area contributed by atoms with Crippen LogP contribution in [0.15, 0.2) is 22.7 Å². The number of nitrogens with one attached hydrogen (secondary N) is 1. The van der Waals surface area contributed by atoms with Gasteiger partial charge in [-0.05, 0) is 59.4 Å². The SMILES string of the molecule is CC(C)CN(CC1CCCN1)C(=O)c1ccc(Cl)cc1Br. The van der Waals surface area contributed by atoms with Gasteiger partial charge in [-0.2, -0.15) is 0 Å². The number of hydrogen-bond donors (Lipinski definition) is 1. The number of carbonyl (C=O) groups excluding carboxylic acids is 1. The summed E-state index contributed by atoms with van der Waals surface area (Å²) in [5.74, 6) is 0.516. The second-order valence-electron chi connectivity index (χ2n) is 6.02. The van der Waals surface area contributed by atoms with Gasteiger partial charge in [0.15, 0.2) is 0 Å². The molecule has 5 heteroatoms. The van der Waals surface area contributed by atoms with Crippen molar-refractivity contribution in [1.29, 1.82) is 0 Å². The first kappa shape index (κ1) is 16.8. The summed E-state index contributed by atoms with van der Waals surface area (Å²) in [4.78, 5) is 14.8. The van der Waals surface area contributed by atoms with Gasteiger partial charge in [0, 0.05) is 28.6 Å². The van der Waals surface area contributed by atoms with Gasteiger partial charge in [-0.25, -0.2) is 0 Å². The maximum Gasteiger partial charge on any atom is 0.255 e. The predicted molar refractivity (Wildman–Crippen MR) is 90.9 cm³/mol. The van der Waals surface area contributed by atoms with E-state index in [-0.39, 0.29) is 5.91 Å². The highest BCUT2D eigenvalue weighted by atomic mass is 79.9. The van der Waals surface area contributed by atoms with Crippen molar-refractivity contribution < 1.29 is 4.79 Å². The number of hydrogen-bond acceptors (Lipinski definition) is 2. The Kier molecular flexibility index (Phi) is 6.08. The summed E-state index contributed by atoms with van der Waals surface area (Å²) in [6.07, 6.45) is 2.34. The van der Waals surface area contributed by atoms with Crippen LogP contribution in [0.25, 0.3) is 0 Å². The van der Waals surface area contributed by atoms with Gasteiger partial charge in [0.05, 0.1) is 5.56 Å². The molecule has 1 N–H and O–H groups in total. The zero-order chi connectivity index (χ0) is 15.4. The minimum Gasteiger partial charge on any atom is -0.337 e. The van der Waals surface area contributed by atoms with E-state index in [1.807, 2.05) is 4.90 Å². The van der Waals surface area contributed by atoms with Crippen LogP contribution in [0.3, 0.4) is 0 Å². The van der Waals surface area contributed by atoms with Crippen LogP contribution in [0.5, 0.6) is 0 Å². The summed E-state index contributed by atoms with van der Waals surface area (Å²) in [6.45, 7) is 6.87. The van der Waals surface area contributed by atoms with Crippen molar-refractivity contribution >= 4 is 33.4 Å². The molecule has 0 radical (unpaired) electrons. The lowest BCUT2D eigenvalue weighted by Crippen LogP contribution is -2.43. The van der Waals surface area contributed by atoms with Crippen molar-refractivity contribution in [3.05, 3.63) is 33.3 Å². The van der Waals surface area contributed by atoms with E-state index in [1.165, 1.54) is 6.42 Å². The fourth-order valence-electron chi connectivity index (χ4n) is 2.69. The molecule has 1 atom stereocenters. The van der Waals surface area contributed by atoms with E-state index < -0.39 is 0 Å². The molecule has 0 bridgehead atoms. The van der Waals surface area contributed by atoms with Gasteiger partial charge < -0.3 is 10.2 Å². The molecule has 1 aromatic carbocycles. The van der Waals surface area contributed by atoms with Gasteiger partial charge in [0.1, 0.15) is 0 Å². The fraction of sp³-hybridized carbons (Fsp3) is 0.562. The Morgan fingerprint density at radius 3 is 2.86 bits per heavy atom.